The molecule has 0 aliphatic rings. The average Bonchev–Trinajstić information content (AvgIpc) is 2.40. The molecule has 0 amide bonds. The molecule has 2 rings (SSSR count). The van der Waals surface area contributed by atoms with Gasteiger partial charge < -0.3 is 5.11 Å². The van der Waals surface area contributed by atoms with Gasteiger partial charge in [0, 0.05) is 16.7 Å². The lowest BCUT2D eigenvalue weighted by Gasteiger charge is -2.06. The number of hydrogen-bond acceptors (Lipinski definition) is 3. The van der Waals surface area contributed by atoms with Crippen LogP contribution in [0.1, 0.15) is 11.1 Å². The van der Waals surface area contributed by atoms with Crippen molar-refractivity contribution in [3.8, 4) is 5.75 Å². The third-order valence-electron chi connectivity index (χ3n) is 2.58. The molecule has 0 aliphatic heterocycles. The molecule has 0 aromatic heterocycles. The summed E-state index contributed by atoms with van der Waals surface area (Å²) in [5, 5.41) is 10.1. The van der Waals surface area contributed by atoms with Crippen molar-refractivity contribution in [2.75, 3.05) is 6.26 Å². The minimum absolute atomic E-state index is 0.299. The number of phenols is 1. The molecule has 1 N–H and O–H groups in total. The van der Waals surface area contributed by atoms with E-state index in [-0.39, 0.29) is 0 Å². The van der Waals surface area contributed by atoms with Crippen LogP contribution in [0.5, 0.6) is 5.75 Å². The number of phenolic OH excluding ortho intramolecular Hbond substituents is 1. The summed E-state index contributed by atoms with van der Waals surface area (Å²) in [6.45, 7) is 2.01. The molecule has 0 bridgehead atoms. The van der Waals surface area contributed by atoms with Gasteiger partial charge in [-0.3, -0.25) is 4.99 Å². The summed E-state index contributed by atoms with van der Waals surface area (Å²) in [6, 6.07) is 13.6. The highest BCUT2D eigenvalue weighted by Gasteiger charge is 2.05. The summed E-state index contributed by atoms with van der Waals surface area (Å²) >= 11 is 1.53. The standard InChI is InChI=1S/C15H15NOS/c1-11-8-12(15(17)14(9-11)18-2)10-16-13-6-4-3-5-7-13/h3-10,17H,1-2H3. The number of nitrogens with zero attached hydrogens (tertiary/aromatic N) is 1. The molecule has 2 aromatic carbocycles. The lowest BCUT2D eigenvalue weighted by atomic mass is 10.1. The number of aryl methyl sites for hydroxylation is 1. The molecule has 0 aliphatic carbocycles. The zero-order valence-electron chi connectivity index (χ0n) is 10.4. The first kappa shape index (κ1) is 12.7. The summed E-state index contributed by atoms with van der Waals surface area (Å²) in [4.78, 5) is 5.24. The second kappa shape index (κ2) is 5.74. The van der Waals surface area contributed by atoms with Crippen LogP contribution < -0.4 is 0 Å². The predicted octanol–water partition coefficient (Wildman–Crippen LogP) is 4.17. The van der Waals surface area contributed by atoms with E-state index < -0.39 is 0 Å². The van der Waals surface area contributed by atoms with Gasteiger partial charge in [-0.25, -0.2) is 0 Å². The van der Waals surface area contributed by atoms with E-state index in [1.54, 1.807) is 6.21 Å². The fourth-order valence-electron chi connectivity index (χ4n) is 1.68. The molecule has 3 heteroatoms. The number of benzene rings is 2. The number of rotatable bonds is 3. The van der Waals surface area contributed by atoms with Crippen molar-refractivity contribution in [1.82, 2.24) is 0 Å². The highest BCUT2D eigenvalue weighted by atomic mass is 32.2. The maximum Gasteiger partial charge on any atom is 0.137 e. The van der Waals surface area contributed by atoms with E-state index in [1.165, 1.54) is 11.8 Å². The number of hydrogen-bond donors (Lipinski definition) is 1. The molecular weight excluding hydrogens is 242 g/mol. The lowest BCUT2D eigenvalue weighted by molar-refractivity contribution is 0.461. The minimum Gasteiger partial charge on any atom is -0.506 e. The van der Waals surface area contributed by atoms with E-state index in [0.29, 0.717) is 5.75 Å². The summed E-state index contributed by atoms with van der Waals surface area (Å²) in [5.41, 5.74) is 2.75. The van der Waals surface area contributed by atoms with Crippen LogP contribution in [0.3, 0.4) is 0 Å². The molecule has 2 aromatic rings. The molecule has 92 valence electrons. The van der Waals surface area contributed by atoms with Gasteiger partial charge >= 0.3 is 0 Å². The van der Waals surface area contributed by atoms with Crippen LogP contribution in [0.2, 0.25) is 0 Å². The molecule has 18 heavy (non-hydrogen) atoms. The molecule has 0 saturated carbocycles. The first-order valence-electron chi connectivity index (χ1n) is 5.67. The predicted molar refractivity (Wildman–Crippen MR) is 78.3 cm³/mol. The Bertz CT molecular complexity index is 564. The fourth-order valence-corrected chi connectivity index (χ4v) is 2.30. The van der Waals surface area contributed by atoms with E-state index in [1.807, 2.05) is 55.6 Å². The minimum atomic E-state index is 0.299. The molecule has 0 radical (unpaired) electrons. The van der Waals surface area contributed by atoms with Gasteiger partial charge in [-0.1, -0.05) is 18.2 Å². The van der Waals surface area contributed by atoms with Gasteiger partial charge in [-0.15, -0.1) is 11.8 Å². The molecule has 0 spiro atoms. The van der Waals surface area contributed by atoms with E-state index in [4.69, 9.17) is 0 Å². The van der Waals surface area contributed by atoms with Crippen molar-refractivity contribution in [3.05, 3.63) is 53.6 Å². The highest BCUT2D eigenvalue weighted by molar-refractivity contribution is 7.98. The molecule has 0 atom stereocenters. The van der Waals surface area contributed by atoms with Crippen molar-refractivity contribution in [2.45, 2.75) is 11.8 Å². The Morgan fingerprint density at radius 3 is 2.56 bits per heavy atom. The summed E-state index contributed by atoms with van der Waals surface area (Å²) in [6.07, 6.45) is 3.66. The Kier molecular flexibility index (Phi) is 4.05. The molecule has 0 unspecified atom stereocenters. The van der Waals surface area contributed by atoms with Crippen molar-refractivity contribution in [2.24, 2.45) is 4.99 Å². The number of aromatic hydroxyl groups is 1. The van der Waals surface area contributed by atoms with Crippen LogP contribution in [0.15, 0.2) is 52.4 Å². The average molecular weight is 257 g/mol. The first-order chi connectivity index (χ1) is 8.70. The van der Waals surface area contributed by atoms with Crippen LogP contribution in [-0.4, -0.2) is 17.6 Å². The van der Waals surface area contributed by atoms with Gasteiger partial charge in [0.1, 0.15) is 5.75 Å². The van der Waals surface area contributed by atoms with Crippen LogP contribution in [0.4, 0.5) is 5.69 Å². The zero-order valence-corrected chi connectivity index (χ0v) is 11.2. The van der Waals surface area contributed by atoms with Crippen molar-refractivity contribution in [3.63, 3.8) is 0 Å². The summed E-state index contributed by atoms with van der Waals surface area (Å²) < 4.78 is 0. The number of thioether (sulfide) groups is 1. The van der Waals surface area contributed by atoms with Gasteiger partial charge in [-0.05, 0) is 43.0 Å². The van der Waals surface area contributed by atoms with Gasteiger partial charge in [0.05, 0.1) is 5.69 Å². The topological polar surface area (TPSA) is 32.6 Å². The Labute approximate surface area is 111 Å². The van der Waals surface area contributed by atoms with E-state index >= 15 is 0 Å². The Balaban J connectivity index is 2.35. The third kappa shape index (κ3) is 2.93. The monoisotopic (exact) mass is 257 g/mol. The summed E-state index contributed by atoms with van der Waals surface area (Å²) in [5.74, 6) is 0.299. The van der Waals surface area contributed by atoms with Crippen LogP contribution >= 0.6 is 11.8 Å². The number of para-hydroxylation sites is 1. The maximum absolute atomic E-state index is 10.1. The van der Waals surface area contributed by atoms with Crippen molar-refractivity contribution >= 4 is 23.7 Å². The van der Waals surface area contributed by atoms with Gasteiger partial charge in [0.2, 0.25) is 0 Å². The van der Waals surface area contributed by atoms with Gasteiger partial charge in [-0.2, -0.15) is 0 Å². The van der Waals surface area contributed by atoms with E-state index in [9.17, 15) is 5.11 Å². The largest absolute Gasteiger partial charge is 0.506 e. The smallest absolute Gasteiger partial charge is 0.137 e. The Morgan fingerprint density at radius 1 is 1.17 bits per heavy atom. The van der Waals surface area contributed by atoms with Crippen molar-refractivity contribution in [1.29, 1.82) is 0 Å². The molecule has 2 nitrogen and oxygen atoms in total. The second-order valence-electron chi connectivity index (χ2n) is 4.00. The highest BCUT2D eigenvalue weighted by Crippen LogP contribution is 2.30. The van der Waals surface area contributed by atoms with E-state index in [2.05, 4.69) is 4.99 Å². The molecule has 0 fully saturated rings. The normalized spacial score (nSPS) is 11.0. The Morgan fingerprint density at radius 2 is 1.89 bits per heavy atom. The maximum atomic E-state index is 10.1. The molecule has 0 saturated heterocycles. The third-order valence-corrected chi connectivity index (χ3v) is 3.33. The number of aliphatic imine (C=N–C) groups is 1. The van der Waals surface area contributed by atoms with Crippen LogP contribution in [0.25, 0.3) is 0 Å². The molecular formula is C15H15NOS. The first-order valence-corrected chi connectivity index (χ1v) is 6.90. The SMILES string of the molecule is CSc1cc(C)cc(C=Nc2ccccc2)c1O. The zero-order chi connectivity index (χ0) is 13.0. The second-order valence-corrected chi connectivity index (χ2v) is 4.85. The quantitative estimate of drug-likeness (QED) is 0.661. The van der Waals surface area contributed by atoms with E-state index in [0.717, 1.165) is 21.7 Å². The van der Waals surface area contributed by atoms with Crippen LogP contribution in [-0.2, 0) is 0 Å². The lowest BCUT2D eigenvalue weighted by Crippen LogP contribution is -1.87. The summed E-state index contributed by atoms with van der Waals surface area (Å²) in [7, 11) is 0. The Hall–Kier alpha value is -1.74. The van der Waals surface area contributed by atoms with Gasteiger partial charge in [0.25, 0.3) is 0 Å². The van der Waals surface area contributed by atoms with Gasteiger partial charge in [0.15, 0.2) is 0 Å². The van der Waals surface area contributed by atoms with Crippen molar-refractivity contribution < 1.29 is 5.11 Å². The molecule has 0 heterocycles. The van der Waals surface area contributed by atoms with Crippen LogP contribution in [0, 0.1) is 6.92 Å². The fraction of sp³-hybridized carbons (Fsp3) is 0.133.